The van der Waals surface area contributed by atoms with Crippen LogP contribution in [0.1, 0.15) is 37.2 Å². The van der Waals surface area contributed by atoms with Crippen LogP contribution in [0.15, 0.2) is 29.9 Å². The average Bonchev–Trinajstić information content (AvgIpc) is 3.29. The van der Waals surface area contributed by atoms with Crippen LogP contribution in [-0.2, 0) is 20.9 Å². The number of fused-ring (bicyclic) bond motifs is 1. The molecule has 2 aromatic rings. The number of primary amides is 1. The number of likely N-dealkylation sites (tertiary alicyclic amines) is 1. The molecule has 2 aromatic heterocycles. The maximum atomic E-state index is 14.6. The zero-order chi connectivity index (χ0) is 23.6. The number of hydrogen-bond donors (Lipinski definition) is 1. The Morgan fingerprint density at radius 1 is 1.28 bits per heavy atom. The first-order chi connectivity index (χ1) is 15.1. The van der Waals surface area contributed by atoms with Gasteiger partial charge in [0.25, 0.3) is 5.91 Å². The first-order valence-corrected chi connectivity index (χ1v) is 10.1. The Labute approximate surface area is 183 Å². The lowest BCUT2D eigenvalue weighted by atomic mass is 10.0. The van der Waals surface area contributed by atoms with Gasteiger partial charge in [-0.1, -0.05) is 0 Å². The van der Waals surface area contributed by atoms with Crippen molar-refractivity contribution in [2.45, 2.75) is 51.6 Å². The number of alkyl halides is 1. The number of methoxy groups -OCH3 is 1. The van der Waals surface area contributed by atoms with Crippen LogP contribution >= 0.6 is 0 Å². The van der Waals surface area contributed by atoms with Gasteiger partial charge in [0.15, 0.2) is 11.5 Å². The highest BCUT2D eigenvalue weighted by Crippen LogP contribution is 2.27. The first kappa shape index (κ1) is 23.5. The summed E-state index contributed by atoms with van der Waals surface area (Å²) >= 11 is 0. The summed E-state index contributed by atoms with van der Waals surface area (Å²) in [5, 5.41) is 4.52. The molecule has 1 aliphatic heterocycles. The Morgan fingerprint density at radius 3 is 2.62 bits per heavy atom. The Bertz CT molecular complexity index is 1080. The normalized spacial score (nSPS) is 20.5. The Morgan fingerprint density at radius 2 is 2.00 bits per heavy atom. The third kappa shape index (κ3) is 4.52. The molecule has 0 bridgehead atoms. The zero-order valence-electron chi connectivity index (χ0n) is 18.0. The lowest BCUT2D eigenvalue weighted by molar-refractivity contribution is -0.140. The fraction of sp³-hybridized carbons (Fsp3) is 0.476. The van der Waals surface area contributed by atoms with Crippen LogP contribution in [0.5, 0.6) is 0 Å². The molecular formula is C21H25F2N5O4. The number of carbonyl (C=O) groups is 3. The van der Waals surface area contributed by atoms with Gasteiger partial charge in [0, 0.05) is 31.5 Å². The van der Waals surface area contributed by atoms with E-state index in [0.29, 0.717) is 16.5 Å². The van der Waals surface area contributed by atoms with Gasteiger partial charge in [-0.2, -0.15) is 5.10 Å². The Balaban J connectivity index is 1.86. The number of amides is 2. The molecule has 0 aliphatic carbocycles. The fourth-order valence-corrected chi connectivity index (χ4v) is 3.84. The van der Waals surface area contributed by atoms with Gasteiger partial charge < -0.3 is 15.4 Å². The second-order valence-corrected chi connectivity index (χ2v) is 7.84. The second kappa shape index (κ2) is 9.51. The van der Waals surface area contributed by atoms with E-state index >= 15 is 0 Å². The van der Waals surface area contributed by atoms with Crippen molar-refractivity contribution in [1.29, 1.82) is 0 Å². The SMILES string of the molecule is CO[C@H]1[C@@H](C(=O)CCC(F)=C(C)C)N(C(=O)Cn2nc(C(N)=O)c3ccncc32)C[C@@H]1F. The van der Waals surface area contributed by atoms with E-state index < -0.39 is 41.7 Å². The summed E-state index contributed by atoms with van der Waals surface area (Å²) in [6.07, 6.45) is -0.183. The van der Waals surface area contributed by atoms with Crippen molar-refractivity contribution in [1.82, 2.24) is 19.7 Å². The minimum Gasteiger partial charge on any atom is -0.376 e. The molecule has 0 aromatic carbocycles. The summed E-state index contributed by atoms with van der Waals surface area (Å²) in [4.78, 5) is 42.7. The fourth-order valence-electron chi connectivity index (χ4n) is 3.84. The van der Waals surface area contributed by atoms with Gasteiger partial charge >= 0.3 is 0 Å². The highest BCUT2D eigenvalue weighted by molar-refractivity contribution is 6.04. The molecule has 172 valence electrons. The van der Waals surface area contributed by atoms with Crippen molar-refractivity contribution in [3.05, 3.63) is 35.6 Å². The van der Waals surface area contributed by atoms with Crippen molar-refractivity contribution in [2.24, 2.45) is 5.73 Å². The van der Waals surface area contributed by atoms with Gasteiger partial charge in [0.05, 0.1) is 24.1 Å². The number of nitrogens with two attached hydrogens (primary N) is 1. The molecular weight excluding hydrogens is 424 g/mol. The molecule has 2 amide bonds. The lowest BCUT2D eigenvalue weighted by Gasteiger charge is -2.26. The van der Waals surface area contributed by atoms with Gasteiger partial charge in [0.1, 0.15) is 24.9 Å². The van der Waals surface area contributed by atoms with E-state index in [1.54, 1.807) is 19.9 Å². The van der Waals surface area contributed by atoms with Gasteiger partial charge in [-0.3, -0.25) is 24.0 Å². The number of ketones is 1. The largest absolute Gasteiger partial charge is 0.376 e. The molecule has 0 radical (unpaired) electrons. The highest BCUT2D eigenvalue weighted by atomic mass is 19.1. The maximum absolute atomic E-state index is 14.6. The molecule has 0 unspecified atom stereocenters. The summed E-state index contributed by atoms with van der Waals surface area (Å²) in [6.45, 7) is 2.46. The van der Waals surface area contributed by atoms with Crippen molar-refractivity contribution >= 4 is 28.5 Å². The molecule has 0 spiro atoms. The summed E-state index contributed by atoms with van der Waals surface area (Å²) in [5.41, 5.74) is 6.18. The molecule has 2 N–H and O–H groups in total. The van der Waals surface area contributed by atoms with Gasteiger partial charge in [-0.15, -0.1) is 0 Å². The predicted molar refractivity (Wildman–Crippen MR) is 111 cm³/mol. The molecule has 3 atom stereocenters. The topological polar surface area (TPSA) is 120 Å². The third-order valence-electron chi connectivity index (χ3n) is 5.50. The molecule has 1 saturated heterocycles. The number of halogens is 2. The molecule has 9 nitrogen and oxygen atoms in total. The van der Waals surface area contributed by atoms with Crippen molar-refractivity contribution in [3.8, 4) is 0 Å². The number of nitrogens with zero attached hydrogens (tertiary/aromatic N) is 4. The zero-order valence-corrected chi connectivity index (χ0v) is 18.0. The molecule has 3 rings (SSSR count). The van der Waals surface area contributed by atoms with Crippen LogP contribution in [-0.4, -0.2) is 69.2 Å². The number of Topliss-reactive ketones (excluding diaryl/α,β-unsaturated/α-hetero) is 1. The predicted octanol–water partition coefficient (Wildman–Crippen LogP) is 1.71. The average molecular weight is 449 g/mol. The second-order valence-electron chi connectivity index (χ2n) is 7.84. The number of rotatable bonds is 8. The number of aromatic nitrogens is 3. The van der Waals surface area contributed by atoms with Crippen molar-refractivity contribution < 1.29 is 27.9 Å². The van der Waals surface area contributed by atoms with Crippen LogP contribution < -0.4 is 5.73 Å². The third-order valence-corrected chi connectivity index (χ3v) is 5.50. The van der Waals surface area contributed by atoms with E-state index in [2.05, 4.69) is 10.1 Å². The number of allylic oxidation sites excluding steroid dienone is 2. The summed E-state index contributed by atoms with van der Waals surface area (Å²) < 4.78 is 34.9. The van der Waals surface area contributed by atoms with Crippen molar-refractivity contribution in [3.63, 3.8) is 0 Å². The van der Waals surface area contributed by atoms with Gasteiger partial charge in [0.2, 0.25) is 5.91 Å². The van der Waals surface area contributed by atoms with Crippen LogP contribution in [0.25, 0.3) is 10.9 Å². The first-order valence-electron chi connectivity index (χ1n) is 10.1. The standard InChI is InChI=1S/C21H25F2N5O4/c1-11(2)13(22)4-5-16(29)19-20(32-3)14(23)9-27(19)17(30)10-28-15-8-25-7-6-12(15)18(26-28)21(24)31/h6-8,14,19-20H,4-5,9-10H2,1-3H3,(H2,24,31)/t14-,19+,20+/m0/s1. The quantitative estimate of drug-likeness (QED) is 0.655. The van der Waals surface area contributed by atoms with Gasteiger partial charge in [-0.25, -0.2) is 8.78 Å². The molecule has 1 fully saturated rings. The Kier molecular flexibility index (Phi) is 6.97. The van der Waals surface area contributed by atoms with E-state index in [0.717, 1.165) is 4.90 Å². The lowest BCUT2D eigenvalue weighted by Crippen LogP contribution is -2.47. The molecule has 32 heavy (non-hydrogen) atoms. The summed E-state index contributed by atoms with van der Waals surface area (Å²) in [6, 6.07) is 0.352. The van der Waals surface area contributed by atoms with Gasteiger partial charge in [-0.05, 0) is 25.5 Å². The molecule has 1 aliphatic rings. The molecule has 11 heteroatoms. The maximum Gasteiger partial charge on any atom is 0.269 e. The molecule has 3 heterocycles. The minimum atomic E-state index is -1.58. The van der Waals surface area contributed by atoms with E-state index in [9.17, 15) is 23.2 Å². The van der Waals surface area contributed by atoms with E-state index in [-0.39, 0.29) is 31.6 Å². The minimum absolute atomic E-state index is 0.0282. The van der Waals surface area contributed by atoms with Crippen LogP contribution in [0.2, 0.25) is 0 Å². The van der Waals surface area contributed by atoms with E-state index in [4.69, 9.17) is 10.5 Å². The number of carbonyl (C=O) groups excluding carboxylic acids is 3. The highest BCUT2D eigenvalue weighted by Gasteiger charge is 2.48. The van der Waals surface area contributed by atoms with Crippen molar-refractivity contribution in [2.75, 3.05) is 13.7 Å². The monoisotopic (exact) mass is 449 g/mol. The smallest absolute Gasteiger partial charge is 0.269 e. The van der Waals surface area contributed by atoms with Crippen LogP contribution in [0, 0.1) is 0 Å². The number of hydrogen-bond acceptors (Lipinski definition) is 6. The Hall–Kier alpha value is -3.21. The van der Waals surface area contributed by atoms with E-state index in [1.807, 2.05) is 0 Å². The number of ether oxygens (including phenoxy) is 1. The van der Waals surface area contributed by atoms with Crippen LogP contribution in [0.3, 0.4) is 0 Å². The van der Waals surface area contributed by atoms with E-state index in [1.165, 1.54) is 24.2 Å². The van der Waals surface area contributed by atoms with Crippen LogP contribution in [0.4, 0.5) is 8.78 Å². The summed E-state index contributed by atoms with van der Waals surface area (Å²) in [5.74, 6) is -2.29. The molecule has 0 saturated carbocycles. The number of pyridine rings is 1. The summed E-state index contributed by atoms with van der Waals surface area (Å²) in [7, 11) is 1.26.